The Morgan fingerprint density at radius 2 is 1.97 bits per heavy atom. The molecule has 3 rings (SSSR count). The lowest BCUT2D eigenvalue weighted by Crippen LogP contribution is -2.65. The van der Waals surface area contributed by atoms with E-state index in [2.05, 4.69) is 10.3 Å². The van der Waals surface area contributed by atoms with Crippen LogP contribution in [0.4, 0.5) is 0 Å². The number of nitrogens with one attached hydrogen (secondary N) is 2. The van der Waals surface area contributed by atoms with E-state index in [0.29, 0.717) is 36.5 Å². The highest BCUT2D eigenvalue weighted by Gasteiger charge is 2.49. The van der Waals surface area contributed by atoms with Crippen molar-refractivity contribution in [2.24, 2.45) is 5.73 Å². The van der Waals surface area contributed by atoms with Crippen molar-refractivity contribution in [2.45, 2.75) is 31.2 Å². The van der Waals surface area contributed by atoms with Gasteiger partial charge in [-0.1, -0.05) is 6.07 Å². The van der Waals surface area contributed by atoms with Gasteiger partial charge in [-0.3, -0.25) is 20.0 Å². The van der Waals surface area contributed by atoms with Crippen LogP contribution in [-0.4, -0.2) is 63.8 Å². The quantitative estimate of drug-likeness (QED) is 0.170. The van der Waals surface area contributed by atoms with Crippen molar-refractivity contribution in [1.29, 1.82) is 5.41 Å². The van der Waals surface area contributed by atoms with Gasteiger partial charge in [-0.25, -0.2) is 4.79 Å². The third-order valence-electron chi connectivity index (χ3n) is 5.59. The Labute approximate surface area is 191 Å². The Morgan fingerprint density at radius 3 is 2.61 bits per heavy atom. The van der Waals surface area contributed by atoms with Crippen molar-refractivity contribution in [3.8, 4) is 5.75 Å². The Kier molecular flexibility index (Phi) is 7.60. The largest absolute Gasteiger partial charge is 0.494 e. The van der Waals surface area contributed by atoms with Crippen molar-refractivity contribution in [3.63, 3.8) is 0 Å². The monoisotopic (exact) mass is 453 g/mol. The number of unbranched alkanes of at least 4 members (excludes halogenated alkanes) is 1. The Hall–Kier alpha value is -3.95. The Balaban J connectivity index is 1.69. The second-order valence-electron chi connectivity index (χ2n) is 7.79. The maximum absolute atomic E-state index is 12.6. The maximum atomic E-state index is 12.6. The zero-order chi connectivity index (χ0) is 23.8. The summed E-state index contributed by atoms with van der Waals surface area (Å²) in [5, 5.41) is 20.1. The highest BCUT2D eigenvalue weighted by molar-refractivity contribution is 6.36. The number of hydrogen-bond acceptors (Lipinski definition) is 6. The molecule has 1 aromatic carbocycles. The van der Waals surface area contributed by atoms with Crippen LogP contribution >= 0.6 is 0 Å². The van der Waals surface area contributed by atoms with Crippen molar-refractivity contribution in [3.05, 3.63) is 59.9 Å². The summed E-state index contributed by atoms with van der Waals surface area (Å²) in [7, 11) is 0. The molecule has 1 aromatic heterocycles. The molecule has 174 valence electrons. The van der Waals surface area contributed by atoms with E-state index in [0.717, 1.165) is 0 Å². The van der Waals surface area contributed by atoms with Crippen LogP contribution in [0.2, 0.25) is 0 Å². The molecule has 1 atom stereocenters. The van der Waals surface area contributed by atoms with Crippen molar-refractivity contribution in [1.82, 2.24) is 15.2 Å². The molecule has 5 N–H and O–H groups in total. The molecule has 1 aliphatic heterocycles. The molecule has 0 saturated carbocycles. The molecule has 10 nitrogen and oxygen atoms in total. The number of piperazine rings is 1. The molecule has 33 heavy (non-hydrogen) atoms. The van der Waals surface area contributed by atoms with Gasteiger partial charge in [0.25, 0.3) is 0 Å². The van der Waals surface area contributed by atoms with Crippen LogP contribution in [0.5, 0.6) is 5.75 Å². The molecule has 0 radical (unpaired) electrons. The van der Waals surface area contributed by atoms with E-state index in [9.17, 15) is 19.5 Å². The van der Waals surface area contributed by atoms with Gasteiger partial charge in [-0.05, 0) is 55.7 Å². The maximum Gasteiger partial charge on any atom is 0.330 e. The smallest absolute Gasteiger partial charge is 0.330 e. The van der Waals surface area contributed by atoms with Crippen LogP contribution in [0.15, 0.2) is 48.7 Å². The van der Waals surface area contributed by atoms with E-state index in [1.807, 2.05) is 0 Å². The first-order chi connectivity index (χ1) is 15.8. The Morgan fingerprint density at radius 1 is 1.21 bits per heavy atom. The van der Waals surface area contributed by atoms with E-state index in [1.165, 1.54) is 4.90 Å². The van der Waals surface area contributed by atoms with Crippen LogP contribution in [0.3, 0.4) is 0 Å². The first-order valence-corrected chi connectivity index (χ1v) is 10.6. The number of aliphatic carboxylic acids is 1. The number of carboxylic acid groups (broad SMARTS) is 1. The molecule has 10 heteroatoms. The van der Waals surface area contributed by atoms with E-state index in [4.69, 9.17) is 15.9 Å². The predicted octanol–water partition coefficient (Wildman–Crippen LogP) is 0.939. The fourth-order valence-electron chi connectivity index (χ4n) is 3.85. The highest BCUT2D eigenvalue weighted by Crippen LogP contribution is 2.29. The number of amidine groups is 1. The first kappa shape index (κ1) is 23.7. The van der Waals surface area contributed by atoms with Gasteiger partial charge >= 0.3 is 17.8 Å². The van der Waals surface area contributed by atoms with E-state index < -0.39 is 23.3 Å². The summed E-state index contributed by atoms with van der Waals surface area (Å²) in [5.74, 6) is -2.23. The Bertz CT molecular complexity index is 1010. The summed E-state index contributed by atoms with van der Waals surface area (Å²) < 4.78 is 5.70. The fraction of sp³-hybridized carbons (Fsp3) is 0.348. The number of nitrogens with zero attached hydrogens (tertiary/aromatic N) is 2. The number of carboxylic acids is 1. The second kappa shape index (κ2) is 10.6. The number of aromatic nitrogens is 1. The summed E-state index contributed by atoms with van der Waals surface area (Å²) in [6, 6.07) is 12.0. The molecule has 1 unspecified atom stereocenters. The molecule has 1 saturated heterocycles. The minimum Gasteiger partial charge on any atom is -0.494 e. The molecule has 2 heterocycles. The van der Waals surface area contributed by atoms with Gasteiger partial charge < -0.3 is 25.8 Å². The summed E-state index contributed by atoms with van der Waals surface area (Å²) >= 11 is 0. The average molecular weight is 453 g/mol. The zero-order valence-electron chi connectivity index (χ0n) is 18.1. The molecule has 2 aromatic rings. The number of amides is 2. The summed E-state index contributed by atoms with van der Waals surface area (Å²) in [5.41, 5.74) is 4.97. The van der Waals surface area contributed by atoms with Crippen LogP contribution < -0.4 is 15.8 Å². The fourth-order valence-corrected chi connectivity index (χ4v) is 3.85. The average Bonchev–Trinajstić information content (AvgIpc) is 2.80. The normalized spacial score (nSPS) is 15.5. The number of ether oxygens (including phenoxy) is 1. The number of hydrogen-bond donors (Lipinski definition) is 4. The van der Waals surface area contributed by atoms with Gasteiger partial charge in [0, 0.05) is 37.0 Å². The molecule has 0 aliphatic carbocycles. The molecule has 0 bridgehead atoms. The lowest BCUT2D eigenvalue weighted by molar-refractivity contribution is -0.165. The predicted molar refractivity (Wildman–Crippen MR) is 120 cm³/mol. The van der Waals surface area contributed by atoms with Gasteiger partial charge in [-0.15, -0.1) is 0 Å². The lowest BCUT2D eigenvalue weighted by atomic mass is 9.84. The molecule has 0 spiro atoms. The highest BCUT2D eigenvalue weighted by atomic mass is 16.5. The minimum atomic E-state index is -1.59. The number of nitrogens with two attached hydrogens (primary N) is 1. The summed E-state index contributed by atoms with van der Waals surface area (Å²) in [4.78, 5) is 42.5. The number of rotatable bonds is 11. The third kappa shape index (κ3) is 5.65. The van der Waals surface area contributed by atoms with Crippen LogP contribution in [-0.2, 0) is 20.8 Å². The van der Waals surface area contributed by atoms with Gasteiger partial charge in [0.1, 0.15) is 17.1 Å². The molecular weight excluding hydrogens is 426 g/mol. The second-order valence-corrected chi connectivity index (χ2v) is 7.79. The SMILES string of the molecule is N=C(N)c1ccc(OCCCCC(Cc2ccccn2)(C(=O)O)N2CCNC(=O)C2=O)cc1. The van der Waals surface area contributed by atoms with Gasteiger partial charge in [0.15, 0.2) is 0 Å². The number of benzene rings is 1. The molecule has 2 amide bonds. The zero-order valence-corrected chi connectivity index (χ0v) is 18.1. The van der Waals surface area contributed by atoms with Gasteiger partial charge in [0.2, 0.25) is 0 Å². The van der Waals surface area contributed by atoms with E-state index >= 15 is 0 Å². The van der Waals surface area contributed by atoms with Crippen molar-refractivity contribution < 1.29 is 24.2 Å². The summed E-state index contributed by atoms with van der Waals surface area (Å²) in [6.45, 7) is 0.650. The first-order valence-electron chi connectivity index (χ1n) is 10.6. The lowest BCUT2D eigenvalue weighted by Gasteiger charge is -2.42. The van der Waals surface area contributed by atoms with Crippen molar-refractivity contribution >= 4 is 23.6 Å². The number of nitrogen functional groups attached to an aromatic ring is 1. The molecule has 1 fully saturated rings. The summed E-state index contributed by atoms with van der Waals surface area (Å²) in [6.07, 6.45) is 2.70. The minimum absolute atomic E-state index is 0.00441. The number of pyridine rings is 1. The van der Waals surface area contributed by atoms with Crippen molar-refractivity contribution in [2.75, 3.05) is 19.7 Å². The topological polar surface area (TPSA) is 159 Å². The third-order valence-corrected chi connectivity index (χ3v) is 5.59. The van der Waals surface area contributed by atoms with E-state index in [-0.39, 0.29) is 31.8 Å². The van der Waals surface area contributed by atoms with Gasteiger partial charge in [0.05, 0.1) is 6.61 Å². The standard InChI is InChI=1S/C23H27N5O5/c24-19(25)16-6-8-18(9-7-16)33-14-4-2-10-23(22(31)32,15-17-5-1-3-11-26-17)28-13-12-27-20(29)21(28)30/h1,3,5-9,11H,2,4,10,12-15H2,(H3,24,25)(H,27,29)(H,31,32). The van der Waals surface area contributed by atoms with E-state index in [1.54, 1.807) is 48.7 Å². The van der Waals surface area contributed by atoms with Crippen LogP contribution in [0.25, 0.3) is 0 Å². The van der Waals surface area contributed by atoms with Crippen LogP contribution in [0.1, 0.15) is 30.5 Å². The molecule has 1 aliphatic rings. The van der Waals surface area contributed by atoms with Crippen LogP contribution in [0, 0.1) is 5.41 Å². The number of carbonyl (C=O) groups is 3. The molecular formula is C23H27N5O5. The van der Waals surface area contributed by atoms with Gasteiger partial charge in [-0.2, -0.15) is 0 Å². The number of carbonyl (C=O) groups excluding carboxylic acids is 2.